The SMILES string of the molecule is N#CC(NCCCO)c1cccc(C(F)(F)F)c1. The van der Waals surface area contributed by atoms with E-state index in [0.29, 0.717) is 13.0 Å². The van der Waals surface area contributed by atoms with Crippen LogP contribution in [0.3, 0.4) is 0 Å². The average Bonchev–Trinajstić information content (AvgIpc) is 2.34. The number of halogens is 3. The molecule has 3 nitrogen and oxygen atoms in total. The van der Waals surface area contributed by atoms with E-state index in [9.17, 15) is 13.2 Å². The summed E-state index contributed by atoms with van der Waals surface area (Å²) in [6.07, 6.45) is -3.97. The number of benzene rings is 1. The zero-order chi connectivity index (χ0) is 13.6. The van der Waals surface area contributed by atoms with Crippen molar-refractivity contribution in [1.82, 2.24) is 5.32 Å². The van der Waals surface area contributed by atoms with Gasteiger partial charge in [-0.1, -0.05) is 12.1 Å². The highest BCUT2D eigenvalue weighted by Gasteiger charge is 2.30. The third kappa shape index (κ3) is 4.02. The van der Waals surface area contributed by atoms with Gasteiger partial charge >= 0.3 is 6.18 Å². The quantitative estimate of drug-likeness (QED) is 0.796. The number of nitriles is 1. The van der Waals surface area contributed by atoms with Crippen LogP contribution in [0.1, 0.15) is 23.6 Å². The van der Waals surface area contributed by atoms with E-state index in [1.165, 1.54) is 12.1 Å². The Bertz CT molecular complexity index is 426. The maximum atomic E-state index is 12.5. The number of nitrogens with zero attached hydrogens (tertiary/aromatic N) is 1. The molecule has 98 valence electrons. The fourth-order valence-electron chi connectivity index (χ4n) is 1.46. The highest BCUT2D eigenvalue weighted by atomic mass is 19.4. The predicted molar refractivity (Wildman–Crippen MR) is 59.5 cm³/mol. The molecule has 1 aromatic rings. The molecule has 0 aromatic heterocycles. The lowest BCUT2D eigenvalue weighted by Crippen LogP contribution is -2.22. The van der Waals surface area contributed by atoms with Gasteiger partial charge in [-0.3, -0.25) is 5.32 Å². The summed E-state index contributed by atoms with van der Waals surface area (Å²) in [5.74, 6) is 0. The third-order valence-corrected chi connectivity index (χ3v) is 2.36. The summed E-state index contributed by atoms with van der Waals surface area (Å²) in [5, 5.41) is 20.3. The molecule has 1 atom stereocenters. The smallest absolute Gasteiger partial charge is 0.396 e. The molecule has 0 fully saturated rings. The van der Waals surface area contributed by atoms with E-state index in [2.05, 4.69) is 5.32 Å². The van der Waals surface area contributed by atoms with Gasteiger partial charge < -0.3 is 5.11 Å². The second kappa shape index (κ2) is 6.38. The highest BCUT2D eigenvalue weighted by Crippen LogP contribution is 2.30. The molecule has 0 aliphatic heterocycles. The minimum absolute atomic E-state index is 0.0340. The molecular formula is C12H13F3N2O. The Morgan fingerprint density at radius 1 is 1.39 bits per heavy atom. The van der Waals surface area contributed by atoms with E-state index < -0.39 is 17.8 Å². The second-order valence-electron chi connectivity index (χ2n) is 3.72. The van der Waals surface area contributed by atoms with Crippen molar-refractivity contribution in [2.45, 2.75) is 18.6 Å². The first-order valence-electron chi connectivity index (χ1n) is 5.40. The van der Waals surface area contributed by atoms with Gasteiger partial charge in [0.2, 0.25) is 0 Å². The summed E-state index contributed by atoms with van der Waals surface area (Å²) in [6.45, 7) is 0.332. The molecule has 2 N–H and O–H groups in total. The van der Waals surface area contributed by atoms with Gasteiger partial charge in [0, 0.05) is 6.61 Å². The lowest BCUT2D eigenvalue weighted by molar-refractivity contribution is -0.137. The molecule has 0 heterocycles. The van der Waals surface area contributed by atoms with Crippen molar-refractivity contribution in [3.05, 3.63) is 35.4 Å². The average molecular weight is 258 g/mol. The number of alkyl halides is 3. The van der Waals surface area contributed by atoms with Crippen LogP contribution < -0.4 is 5.32 Å². The van der Waals surface area contributed by atoms with E-state index in [1.807, 2.05) is 6.07 Å². The maximum absolute atomic E-state index is 12.5. The largest absolute Gasteiger partial charge is 0.416 e. The summed E-state index contributed by atoms with van der Waals surface area (Å²) in [6, 6.07) is 5.75. The van der Waals surface area contributed by atoms with Gasteiger partial charge in [0.05, 0.1) is 11.6 Å². The van der Waals surface area contributed by atoms with E-state index in [4.69, 9.17) is 10.4 Å². The Hall–Kier alpha value is -1.58. The molecule has 0 saturated carbocycles. The molecule has 0 saturated heterocycles. The van der Waals surface area contributed by atoms with Crippen molar-refractivity contribution in [3.8, 4) is 6.07 Å². The zero-order valence-electron chi connectivity index (χ0n) is 9.54. The number of aliphatic hydroxyl groups is 1. The Kier molecular flexibility index (Phi) is 5.13. The molecule has 0 bridgehead atoms. The molecule has 18 heavy (non-hydrogen) atoms. The van der Waals surface area contributed by atoms with Gasteiger partial charge in [0.15, 0.2) is 0 Å². The standard InChI is InChI=1S/C12H13F3N2O/c13-12(14,15)10-4-1-3-9(7-10)11(8-16)17-5-2-6-18/h1,3-4,7,11,17-18H,2,5-6H2. The van der Waals surface area contributed by atoms with E-state index in [0.717, 1.165) is 12.1 Å². The van der Waals surface area contributed by atoms with E-state index in [-0.39, 0.29) is 12.2 Å². The van der Waals surface area contributed by atoms with Crippen molar-refractivity contribution in [1.29, 1.82) is 5.26 Å². The predicted octanol–water partition coefficient (Wildman–Crippen LogP) is 2.24. The Labute approximate surface area is 103 Å². The number of hydrogen-bond acceptors (Lipinski definition) is 3. The third-order valence-electron chi connectivity index (χ3n) is 2.36. The molecule has 1 unspecified atom stereocenters. The van der Waals surface area contributed by atoms with Crippen molar-refractivity contribution in [2.75, 3.05) is 13.2 Å². The first-order chi connectivity index (χ1) is 8.49. The van der Waals surface area contributed by atoms with Gasteiger partial charge in [0.25, 0.3) is 0 Å². The lowest BCUT2D eigenvalue weighted by Gasteiger charge is -2.13. The first-order valence-corrected chi connectivity index (χ1v) is 5.40. The Balaban J connectivity index is 2.84. The lowest BCUT2D eigenvalue weighted by atomic mass is 10.0. The summed E-state index contributed by atoms with van der Waals surface area (Å²) >= 11 is 0. The molecule has 6 heteroatoms. The van der Waals surface area contributed by atoms with Crippen LogP contribution in [-0.2, 0) is 6.18 Å². The van der Waals surface area contributed by atoms with Crippen molar-refractivity contribution in [2.24, 2.45) is 0 Å². The van der Waals surface area contributed by atoms with Crippen molar-refractivity contribution < 1.29 is 18.3 Å². The normalized spacial score (nSPS) is 13.1. The van der Waals surface area contributed by atoms with E-state index in [1.54, 1.807) is 0 Å². The molecule has 1 rings (SSSR count). The number of aliphatic hydroxyl groups excluding tert-OH is 1. The van der Waals surface area contributed by atoms with Crippen LogP contribution in [0.4, 0.5) is 13.2 Å². The number of nitrogens with one attached hydrogen (secondary N) is 1. The topological polar surface area (TPSA) is 56.0 Å². The molecular weight excluding hydrogens is 245 g/mol. The summed E-state index contributed by atoms with van der Waals surface area (Å²) in [7, 11) is 0. The van der Waals surface area contributed by atoms with Crippen LogP contribution >= 0.6 is 0 Å². The fraction of sp³-hybridized carbons (Fsp3) is 0.417. The van der Waals surface area contributed by atoms with Crippen molar-refractivity contribution in [3.63, 3.8) is 0 Å². The molecule has 0 aliphatic rings. The molecule has 0 aliphatic carbocycles. The Morgan fingerprint density at radius 3 is 2.67 bits per heavy atom. The number of hydrogen-bond donors (Lipinski definition) is 2. The minimum Gasteiger partial charge on any atom is -0.396 e. The van der Waals surface area contributed by atoms with Gasteiger partial charge in [0.1, 0.15) is 6.04 Å². The molecule has 0 spiro atoms. The minimum atomic E-state index is -4.42. The van der Waals surface area contributed by atoms with Gasteiger partial charge in [-0.15, -0.1) is 0 Å². The second-order valence-corrected chi connectivity index (χ2v) is 3.72. The van der Waals surface area contributed by atoms with Crippen LogP contribution in [0, 0.1) is 11.3 Å². The van der Waals surface area contributed by atoms with Crippen LogP contribution in [0.25, 0.3) is 0 Å². The van der Waals surface area contributed by atoms with E-state index >= 15 is 0 Å². The van der Waals surface area contributed by atoms with Gasteiger partial charge in [-0.2, -0.15) is 18.4 Å². The van der Waals surface area contributed by atoms with Gasteiger partial charge in [-0.25, -0.2) is 0 Å². The monoisotopic (exact) mass is 258 g/mol. The molecule has 0 amide bonds. The summed E-state index contributed by atoms with van der Waals surface area (Å²) in [4.78, 5) is 0. The van der Waals surface area contributed by atoms with Crippen molar-refractivity contribution >= 4 is 0 Å². The molecule has 1 aromatic carbocycles. The number of rotatable bonds is 5. The van der Waals surface area contributed by atoms with Gasteiger partial charge in [-0.05, 0) is 30.7 Å². The maximum Gasteiger partial charge on any atom is 0.416 e. The summed E-state index contributed by atoms with van der Waals surface area (Å²) in [5.41, 5.74) is -0.505. The summed E-state index contributed by atoms with van der Waals surface area (Å²) < 4.78 is 37.5. The first kappa shape index (κ1) is 14.5. The Morgan fingerprint density at radius 2 is 2.11 bits per heavy atom. The van der Waals surface area contributed by atoms with Crippen LogP contribution in [-0.4, -0.2) is 18.3 Å². The van der Waals surface area contributed by atoms with Crippen LogP contribution in [0.5, 0.6) is 0 Å². The highest BCUT2D eigenvalue weighted by molar-refractivity contribution is 5.30. The zero-order valence-corrected chi connectivity index (χ0v) is 9.54. The van der Waals surface area contributed by atoms with Crippen LogP contribution in [0.15, 0.2) is 24.3 Å². The molecule has 0 radical (unpaired) electrons. The fourth-order valence-corrected chi connectivity index (χ4v) is 1.46. The van der Waals surface area contributed by atoms with Crippen LogP contribution in [0.2, 0.25) is 0 Å².